The summed E-state index contributed by atoms with van der Waals surface area (Å²) in [6, 6.07) is 9.77. The molecule has 0 amide bonds. The van der Waals surface area contributed by atoms with Gasteiger partial charge in [-0.3, -0.25) is 4.98 Å². The minimum atomic E-state index is 0.645. The molecule has 3 rings (SSSR count). The fourth-order valence-electron chi connectivity index (χ4n) is 2.14. The van der Waals surface area contributed by atoms with Crippen molar-refractivity contribution in [3.05, 3.63) is 57.6 Å². The smallest absolute Gasteiger partial charge is 0.178 e. The minimum Gasteiger partial charge on any atom is -0.329 e. The number of aromatic amines is 1. The van der Waals surface area contributed by atoms with E-state index in [4.69, 9.17) is 23.8 Å². The highest BCUT2D eigenvalue weighted by Gasteiger charge is 2.09. The number of halogens is 1. The Morgan fingerprint density at radius 1 is 1.32 bits per heavy atom. The Bertz CT molecular complexity index is 804. The summed E-state index contributed by atoms with van der Waals surface area (Å²) >= 11 is 11.5. The molecule has 0 bridgehead atoms. The summed E-state index contributed by atoms with van der Waals surface area (Å²) in [6.07, 6.45) is 1.80. The van der Waals surface area contributed by atoms with Crippen molar-refractivity contribution in [1.29, 1.82) is 0 Å². The average molecular weight is 290 g/mol. The van der Waals surface area contributed by atoms with Crippen molar-refractivity contribution in [2.45, 2.75) is 13.5 Å². The Labute approximate surface area is 120 Å². The van der Waals surface area contributed by atoms with Crippen LogP contribution in [0.2, 0.25) is 5.02 Å². The van der Waals surface area contributed by atoms with Gasteiger partial charge in [-0.15, -0.1) is 0 Å². The lowest BCUT2D eigenvalue weighted by atomic mass is 10.2. The van der Waals surface area contributed by atoms with E-state index in [1.807, 2.05) is 41.8 Å². The molecule has 0 unspecified atom stereocenters. The molecule has 0 atom stereocenters. The molecule has 96 valence electrons. The Hall–Kier alpha value is -1.65. The first-order valence-electron chi connectivity index (χ1n) is 5.94. The van der Waals surface area contributed by atoms with E-state index >= 15 is 0 Å². The second kappa shape index (κ2) is 4.79. The van der Waals surface area contributed by atoms with E-state index in [-0.39, 0.29) is 0 Å². The van der Waals surface area contributed by atoms with E-state index in [1.54, 1.807) is 6.20 Å². The van der Waals surface area contributed by atoms with Gasteiger partial charge in [0, 0.05) is 6.20 Å². The lowest BCUT2D eigenvalue weighted by Gasteiger charge is -2.06. The zero-order chi connectivity index (χ0) is 13.4. The molecule has 0 aliphatic heterocycles. The SMILES string of the molecule is Cc1cccnc1Cn1c(=S)[nH]c2c(Cl)cccc21. The molecule has 1 N–H and O–H groups in total. The highest BCUT2D eigenvalue weighted by Crippen LogP contribution is 2.23. The third-order valence-electron chi connectivity index (χ3n) is 3.19. The van der Waals surface area contributed by atoms with Crippen molar-refractivity contribution in [3.8, 4) is 0 Å². The fourth-order valence-corrected chi connectivity index (χ4v) is 2.62. The van der Waals surface area contributed by atoms with Crippen molar-refractivity contribution in [2.75, 3.05) is 0 Å². The molecule has 0 radical (unpaired) electrons. The van der Waals surface area contributed by atoms with Gasteiger partial charge in [-0.25, -0.2) is 0 Å². The van der Waals surface area contributed by atoms with E-state index in [2.05, 4.69) is 9.97 Å². The number of hydrogen-bond acceptors (Lipinski definition) is 2. The summed E-state index contributed by atoms with van der Waals surface area (Å²) in [7, 11) is 0. The number of para-hydroxylation sites is 1. The largest absolute Gasteiger partial charge is 0.329 e. The van der Waals surface area contributed by atoms with Gasteiger partial charge in [-0.2, -0.15) is 0 Å². The van der Waals surface area contributed by atoms with Crippen LogP contribution in [0, 0.1) is 11.7 Å². The molecule has 3 aromatic rings. The minimum absolute atomic E-state index is 0.645. The van der Waals surface area contributed by atoms with E-state index in [9.17, 15) is 0 Å². The summed E-state index contributed by atoms with van der Waals surface area (Å²) in [6.45, 7) is 2.69. The molecule has 2 heterocycles. The van der Waals surface area contributed by atoms with Gasteiger partial charge in [-0.05, 0) is 42.9 Å². The van der Waals surface area contributed by atoms with Gasteiger partial charge in [0.15, 0.2) is 4.77 Å². The van der Waals surface area contributed by atoms with Crippen LogP contribution in [-0.2, 0) is 6.54 Å². The average Bonchev–Trinajstić information content (AvgIpc) is 2.71. The third kappa shape index (κ3) is 2.17. The quantitative estimate of drug-likeness (QED) is 0.721. The van der Waals surface area contributed by atoms with Crippen LogP contribution in [0.5, 0.6) is 0 Å². The number of H-pyrrole nitrogens is 1. The number of aromatic nitrogens is 3. The van der Waals surface area contributed by atoms with Gasteiger partial charge >= 0.3 is 0 Å². The Kier molecular flexibility index (Phi) is 3.12. The number of aryl methyl sites for hydroxylation is 1. The normalized spacial score (nSPS) is 11.1. The summed E-state index contributed by atoms with van der Waals surface area (Å²) in [5.41, 5.74) is 4.05. The van der Waals surface area contributed by atoms with Gasteiger partial charge in [0.25, 0.3) is 0 Å². The summed E-state index contributed by atoms with van der Waals surface area (Å²) in [5.74, 6) is 0. The van der Waals surface area contributed by atoms with Gasteiger partial charge in [0.2, 0.25) is 0 Å². The van der Waals surface area contributed by atoms with Crippen molar-refractivity contribution in [3.63, 3.8) is 0 Å². The first kappa shape index (κ1) is 12.4. The molecule has 2 aromatic heterocycles. The van der Waals surface area contributed by atoms with Crippen molar-refractivity contribution in [2.24, 2.45) is 0 Å². The molecular weight excluding hydrogens is 278 g/mol. The van der Waals surface area contributed by atoms with Crippen LogP contribution in [-0.4, -0.2) is 14.5 Å². The molecule has 1 aromatic carbocycles. The molecule has 0 aliphatic rings. The van der Waals surface area contributed by atoms with Crippen LogP contribution in [0.1, 0.15) is 11.3 Å². The van der Waals surface area contributed by atoms with E-state index in [0.29, 0.717) is 16.3 Å². The van der Waals surface area contributed by atoms with Crippen LogP contribution in [0.25, 0.3) is 11.0 Å². The number of hydrogen-bond donors (Lipinski definition) is 1. The topological polar surface area (TPSA) is 33.6 Å². The second-order valence-corrected chi connectivity index (χ2v) is 5.21. The van der Waals surface area contributed by atoms with Crippen LogP contribution < -0.4 is 0 Å². The lowest BCUT2D eigenvalue weighted by Crippen LogP contribution is -2.03. The molecule has 19 heavy (non-hydrogen) atoms. The van der Waals surface area contributed by atoms with Crippen molar-refractivity contribution < 1.29 is 0 Å². The standard InChI is InChI=1S/C14H12ClN3S/c1-9-4-3-7-16-11(9)8-18-12-6-2-5-10(15)13(12)17-14(18)19/h2-7H,8H2,1H3,(H,17,19). The number of nitrogens with one attached hydrogen (secondary N) is 1. The third-order valence-corrected chi connectivity index (χ3v) is 3.82. The molecule has 5 heteroatoms. The predicted octanol–water partition coefficient (Wildman–Crippen LogP) is 4.10. The summed E-state index contributed by atoms with van der Waals surface area (Å²) < 4.78 is 2.68. The van der Waals surface area contributed by atoms with E-state index in [0.717, 1.165) is 22.3 Å². The summed E-state index contributed by atoms with van der Waals surface area (Å²) in [5, 5.41) is 0.681. The Morgan fingerprint density at radius 2 is 2.16 bits per heavy atom. The van der Waals surface area contributed by atoms with Crippen molar-refractivity contribution >= 4 is 34.9 Å². The van der Waals surface area contributed by atoms with Crippen LogP contribution in [0.4, 0.5) is 0 Å². The van der Waals surface area contributed by atoms with Crippen LogP contribution in [0.3, 0.4) is 0 Å². The molecule has 0 spiro atoms. The molecule has 0 saturated heterocycles. The van der Waals surface area contributed by atoms with Gasteiger partial charge in [0.1, 0.15) is 0 Å². The Balaban J connectivity index is 2.16. The maximum absolute atomic E-state index is 6.17. The van der Waals surface area contributed by atoms with E-state index < -0.39 is 0 Å². The first-order chi connectivity index (χ1) is 9.16. The molecular formula is C14H12ClN3S. The molecule has 3 nitrogen and oxygen atoms in total. The fraction of sp³-hybridized carbons (Fsp3) is 0.143. The zero-order valence-electron chi connectivity index (χ0n) is 10.4. The second-order valence-electron chi connectivity index (χ2n) is 4.42. The highest BCUT2D eigenvalue weighted by atomic mass is 35.5. The lowest BCUT2D eigenvalue weighted by molar-refractivity contribution is 0.778. The van der Waals surface area contributed by atoms with Crippen LogP contribution >= 0.6 is 23.8 Å². The van der Waals surface area contributed by atoms with Crippen LogP contribution in [0.15, 0.2) is 36.5 Å². The predicted molar refractivity (Wildman–Crippen MR) is 80.2 cm³/mol. The zero-order valence-corrected chi connectivity index (χ0v) is 11.9. The Morgan fingerprint density at radius 3 is 2.95 bits per heavy atom. The van der Waals surface area contributed by atoms with Crippen molar-refractivity contribution in [1.82, 2.24) is 14.5 Å². The van der Waals surface area contributed by atoms with E-state index in [1.165, 1.54) is 0 Å². The maximum atomic E-state index is 6.17. The van der Waals surface area contributed by atoms with Gasteiger partial charge in [-0.1, -0.05) is 23.7 Å². The number of benzene rings is 1. The maximum Gasteiger partial charge on any atom is 0.178 e. The number of nitrogens with zero attached hydrogens (tertiary/aromatic N) is 2. The molecule has 0 saturated carbocycles. The monoisotopic (exact) mass is 289 g/mol. The number of imidazole rings is 1. The molecule has 0 aliphatic carbocycles. The highest BCUT2D eigenvalue weighted by molar-refractivity contribution is 7.71. The number of fused-ring (bicyclic) bond motifs is 1. The number of rotatable bonds is 2. The molecule has 0 fully saturated rings. The summed E-state index contributed by atoms with van der Waals surface area (Å²) in [4.78, 5) is 7.56. The number of pyridine rings is 1. The van der Waals surface area contributed by atoms with Gasteiger partial charge < -0.3 is 9.55 Å². The van der Waals surface area contributed by atoms with Gasteiger partial charge in [0.05, 0.1) is 28.3 Å². The first-order valence-corrected chi connectivity index (χ1v) is 6.73.